The van der Waals surface area contributed by atoms with Gasteiger partial charge in [0.15, 0.2) is 11.5 Å². The van der Waals surface area contributed by atoms with E-state index in [4.69, 9.17) is 18.9 Å². The van der Waals surface area contributed by atoms with E-state index in [9.17, 15) is 0 Å². The number of rotatable bonds is 7. The van der Waals surface area contributed by atoms with Crippen LogP contribution < -0.4 is 24.8 Å². The van der Waals surface area contributed by atoms with Crippen molar-refractivity contribution in [1.29, 1.82) is 0 Å². The maximum absolute atomic E-state index is 6.09. The normalized spacial score (nSPS) is 21.6. The molecule has 0 amide bonds. The highest BCUT2D eigenvalue weighted by Crippen LogP contribution is 2.35. The fraction of sp³-hybridized carbons (Fsp3) is 0.429. The van der Waals surface area contributed by atoms with Gasteiger partial charge < -0.3 is 29.6 Å². The second-order valence-corrected chi connectivity index (χ2v) is 6.82. The molecule has 6 heteroatoms. The van der Waals surface area contributed by atoms with Crippen LogP contribution in [0.1, 0.15) is 5.56 Å². The van der Waals surface area contributed by atoms with E-state index in [1.807, 2.05) is 48.5 Å². The van der Waals surface area contributed by atoms with E-state index < -0.39 is 0 Å². The van der Waals surface area contributed by atoms with Gasteiger partial charge in [0, 0.05) is 31.7 Å². The van der Waals surface area contributed by atoms with Gasteiger partial charge in [0.2, 0.25) is 0 Å². The lowest BCUT2D eigenvalue weighted by Gasteiger charge is -2.28. The fourth-order valence-corrected chi connectivity index (χ4v) is 3.20. The van der Waals surface area contributed by atoms with E-state index in [0.717, 1.165) is 55.7 Å². The molecule has 2 atom stereocenters. The van der Waals surface area contributed by atoms with Crippen molar-refractivity contribution in [1.82, 2.24) is 10.6 Å². The minimum absolute atomic E-state index is 0.0219. The molecule has 0 spiro atoms. The molecule has 4 rings (SSSR count). The Labute approximate surface area is 159 Å². The van der Waals surface area contributed by atoms with E-state index in [1.54, 1.807) is 0 Å². The quantitative estimate of drug-likeness (QED) is 0.777. The Morgan fingerprint density at radius 1 is 1.04 bits per heavy atom. The monoisotopic (exact) mass is 370 g/mol. The first-order valence-electron chi connectivity index (χ1n) is 9.49. The molecule has 1 saturated heterocycles. The Balaban J connectivity index is 1.27. The van der Waals surface area contributed by atoms with Crippen molar-refractivity contribution in [3.05, 3.63) is 54.1 Å². The van der Waals surface area contributed by atoms with Gasteiger partial charge in [-0.3, -0.25) is 0 Å². The van der Waals surface area contributed by atoms with Crippen LogP contribution in [0.15, 0.2) is 48.5 Å². The Morgan fingerprint density at radius 2 is 1.96 bits per heavy atom. The van der Waals surface area contributed by atoms with Gasteiger partial charge in [0.05, 0.1) is 13.2 Å². The number of ether oxygens (including phenoxy) is 4. The van der Waals surface area contributed by atoms with Crippen molar-refractivity contribution in [2.45, 2.75) is 18.8 Å². The summed E-state index contributed by atoms with van der Waals surface area (Å²) < 4.78 is 23.3. The van der Waals surface area contributed by atoms with Crippen molar-refractivity contribution in [3.8, 4) is 17.2 Å². The van der Waals surface area contributed by atoms with E-state index >= 15 is 0 Å². The summed E-state index contributed by atoms with van der Waals surface area (Å²) >= 11 is 0. The number of hydrogen-bond acceptors (Lipinski definition) is 6. The average Bonchev–Trinajstić information content (AvgIpc) is 2.73. The fourth-order valence-electron chi connectivity index (χ4n) is 3.20. The molecule has 2 heterocycles. The zero-order valence-electron chi connectivity index (χ0n) is 15.4. The van der Waals surface area contributed by atoms with Crippen LogP contribution in [0.4, 0.5) is 0 Å². The third-order valence-electron chi connectivity index (χ3n) is 4.64. The van der Waals surface area contributed by atoms with Gasteiger partial charge in [-0.1, -0.05) is 30.3 Å². The molecule has 27 heavy (non-hydrogen) atoms. The zero-order valence-corrected chi connectivity index (χ0v) is 15.4. The molecule has 2 N–H and O–H groups in total. The van der Waals surface area contributed by atoms with E-state index in [0.29, 0.717) is 19.3 Å². The van der Waals surface area contributed by atoms with Crippen LogP contribution in [0.2, 0.25) is 0 Å². The molecule has 2 aliphatic rings. The summed E-state index contributed by atoms with van der Waals surface area (Å²) in [5.41, 5.74) is 1.13. The number of fused-ring (bicyclic) bond motifs is 1. The molecule has 0 aliphatic carbocycles. The largest absolute Gasteiger partial charge is 0.489 e. The van der Waals surface area contributed by atoms with Gasteiger partial charge in [-0.2, -0.15) is 0 Å². The van der Waals surface area contributed by atoms with Gasteiger partial charge in [-0.05, 0) is 17.7 Å². The van der Waals surface area contributed by atoms with Crippen LogP contribution in [0, 0.1) is 0 Å². The lowest BCUT2D eigenvalue weighted by Crippen LogP contribution is -2.49. The van der Waals surface area contributed by atoms with Crippen LogP contribution in [0.5, 0.6) is 17.2 Å². The molecule has 6 nitrogen and oxygen atoms in total. The predicted molar refractivity (Wildman–Crippen MR) is 103 cm³/mol. The summed E-state index contributed by atoms with van der Waals surface area (Å²) in [6, 6.07) is 16.2. The van der Waals surface area contributed by atoms with E-state index in [1.165, 1.54) is 0 Å². The molecule has 2 aromatic carbocycles. The van der Waals surface area contributed by atoms with Crippen molar-refractivity contribution in [2.75, 3.05) is 39.5 Å². The SMILES string of the molecule is c1ccc(COc2ccc3c(c2)O[C@H](CNCC2COCCN2)CO3)cc1. The second-order valence-electron chi connectivity index (χ2n) is 6.82. The van der Waals surface area contributed by atoms with Crippen molar-refractivity contribution < 1.29 is 18.9 Å². The van der Waals surface area contributed by atoms with Gasteiger partial charge >= 0.3 is 0 Å². The van der Waals surface area contributed by atoms with Gasteiger partial charge in [-0.15, -0.1) is 0 Å². The summed E-state index contributed by atoms with van der Waals surface area (Å²) in [5.74, 6) is 2.27. The van der Waals surface area contributed by atoms with Crippen molar-refractivity contribution in [3.63, 3.8) is 0 Å². The maximum Gasteiger partial charge on any atom is 0.165 e. The molecular formula is C21H26N2O4. The van der Waals surface area contributed by atoms with E-state index in [-0.39, 0.29) is 6.10 Å². The minimum Gasteiger partial charge on any atom is -0.489 e. The molecule has 1 unspecified atom stereocenters. The van der Waals surface area contributed by atoms with Crippen molar-refractivity contribution >= 4 is 0 Å². The first-order valence-corrected chi connectivity index (χ1v) is 9.49. The lowest BCUT2D eigenvalue weighted by molar-refractivity contribution is 0.0697. The number of nitrogens with one attached hydrogen (secondary N) is 2. The van der Waals surface area contributed by atoms with Crippen LogP contribution >= 0.6 is 0 Å². The third-order valence-corrected chi connectivity index (χ3v) is 4.64. The molecular weight excluding hydrogens is 344 g/mol. The standard InChI is InChI=1S/C21H26N2O4/c1-2-4-16(5-3-1)13-25-18-6-7-20-21(10-18)27-19(15-26-20)12-22-11-17-14-24-9-8-23-17/h1-7,10,17,19,22-23H,8-9,11-15H2/t17?,19-/m1/s1. The summed E-state index contributed by atoms with van der Waals surface area (Å²) in [6.45, 7) is 5.11. The smallest absolute Gasteiger partial charge is 0.165 e. The Kier molecular flexibility index (Phi) is 6.09. The molecule has 0 saturated carbocycles. The molecule has 2 aliphatic heterocycles. The summed E-state index contributed by atoms with van der Waals surface area (Å²) in [4.78, 5) is 0. The van der Waals surface area contributed by atoms with Crippen LogP contribution in [-0.2, 0) is 11.3 Å². The van der Waals surface area contributed by atoms with Gasteiger partial charge in [-0.25, -0.2) is 0 Å². The molecule has 0 aromatic heterocycles. The molecule has 2 aromatic rings. The number of benzene rings is 2. The Morgan fingerprint density at radius 3 is 2.81 bits per heavy atom. The van der Waals surface area contributed by atoms with Gasteiger partial charge in [0.25, 0.3) is 0 Å². The Bertz CT molecular complexity index is 719. The number of morpholine rings is 1. The molecule has 144 valence electrons. The highest BCUT2D eigenvalue weighted by molar-refractivity contribution is 5.46. The summed E-state index contributed by atoms with van der Waals surface area (Å²) in [6.07, 6.45) is -0.0219. The second kappa shape index (κ2) is 9.08. The highest BCUT2D eigenvalue weighted by Gasteiger charge is 2.22. The van der Waals surface area contributed by atoms with Crippen molar-refractivity contribution in [2.24, 2.45) is 0 Å². The summed E-state index contributed by atoms with van der Waals surface area (Å²) in [7, 11) is 0. The van der Waals surface area contributed by atoms with Gasteiger partial charge in [0.1, 0.15) is 25.1 Å². The zero-order chi connectivity index (χ0) is 18.3. The van der Waals surface area contributed by atoms with Crippen LogP contribution in [-0.4, -0.2) is 51.6 Å². The minimum atomic E-state index is -0.0219. The molecule has 0 radical (unpaired) electrons. The third kappa shape index (κ3) is 5.13. The molecule has 0 bridgehead atoms. The topological polar surface area (TPSA) is 61.0 Å². The van der Waals surface area contributed by atoms with E-state index in [2.05, 4.69) is 10.6 Å². The first kappa shape index (κ1) is 18.1. The first-order chi connectivity index (χ1) is 13.4. The Hall–Kier alpha value is -2.28. The predicted octanol–water partition coefficient (Wildman–Crippen LogP) is 1.98. The maximum atomic E-state index is 6.09. The highest BCUT2D eigenvalue weighted by atomic mass is 16.6. The van der Waals surface area contributed by atoms with Crippen LogP contribution in [0.3, 0.4) is 0 Å². The lowest BCUT2D eigenvalue weighted by atomic mass is 10.2. The molecule has 1 fully saturated rings. The van der Waals surface area contributed by atoms with Crippen LogP contribution in [0.25, 0.3) is 0 Å². The average molecular weight is 370 g/mol. The number of hydrogen-bond donors (Lipinski definition) is 2. The summed E-state index contributed by atoms with van der Waals surface area (Å²) in [5, 5.41) is 6.87.